The molecule has 15 heavy (non-hydrogen) atoms. The molecule has 1 aromatic rings. The predicted molar refractivity (Wildman–Crippen MR) is 58.7 cm³/mol. The van der Waals surface area contributed by atoms with E-state index in [1.54, 1.807) is 11.8 Å². The van der Waals surface area contributed by atoms with E-state index < -0.39 is 12.0 Å². The number of hydrogen-bond donors (Lipinski definition) is 2. The van der Waals surface area contributed by atoms with E-state index >= 15 is 0 Å². The van der Waals surface area contributed by atoms with Crippen molar-refractivity contribution in [3.8, 4) is 0 Å². The summed E-state index contributed by atoms with van der Waals surface area (Å²) in [7, 11) is 0. The molecule has 0 aromatic carbocycles. The number of nitrogens with zero attached hydrogens (tertiary/aromatic N) is 1. The quantitative estimate of drug-likeness (QED) is 0.789. The Balaban J connectivity index is 2.11. The van der Waals surface area contributed by atoms with Crippen LogP contribution in [0, 0.1) is 6.92 Å². The maximum atomic E-state index is 10.7. The number of hydrogen-bond acceptors (Lipinski definition) is 4. The van der Waals surface area contributed by atoms with E-state index in [1.165, 1.54) is 0 Å². The highest BCUT2D eigenvalue weighted by atomic mass is 32.2. The van der Waals surface area contributed by atoms with E-state index in [-0.39, 0.29) is 5.37 Å². The molecular formula is C10H12N2O2S. The minimum absolute atomic E-state index is 0.00556. The van der Waals surface area contributed by atoms with Gasteiger partial charge in [0.25, 0.3) is 0 Å². The second-order valence-corrected chi connectivity index (χ2v) is 4.61. The Morgan fingerprint density at radius 1 is 1.67 bits per heavy atom. The van der Waals surface area contributed by atoms with Gasteiger partial charge in [0.1, 0.15) is 6.04 Å². The summed E-state index contributed by atoms with van der Waals surface area (Å²) in [6.07, 6.45) is 0. The Morgan fingerprint density at radius 2 is 2.47 bits per heavy atom. The van der Waals surface area contributed by atoms with E-state index in [1.807, 2.05) is 25.1 Å². The Kier molecular flexibility index (Phi) is 2.93. The largest absolute Gasteiger partial charge is 0.480 e. The van der Waals surface area contributed by atoms with Gasteiger partial charge in [-0.25, -0.2) is 0 Å². The van der Waals surface area contributed by atoms with Crippen molar-refractivity contribution in [2.45, 2.75) is 18.3 Å². The molecule has 80 valence electrons. The van der Waals surface area contributed by atoms with Crippen LogP contribution in [0.2, 0.25) is 0 Å². The summed E-state index contributed by atoms with van der Waals surface area (Å²) >= 11 is 1.59. The summed E-state index contributed by atoms with van der Waals surface area (Å²) in [5.74, 6) is -0.201. The van der Waals surface area contributed by atoms with Gasteiger partial charge < -0.3 is 5.11 Å². The second-order valence-electron chi connectivity index (χ2n) is 3.47. The molecule has 1 aliphatic heterocycles. The molecule has 0 amide bonds. The fourth-order valence-electron chi connectivity index (χ4n) is 1.49. The molecule has 1 aromatic heterocycles. The molecule has 1 aliphatic rings. The summed E-state index contributed by atoms with van der Waals surface area (Å²) in [6, 6.07) is 5.33. The van der Waals surface area contributed by atoms with Crippen molar-refractivity contribution in [1.29, 1.82) is 0 Å². The van der Waals surface area contributed by atoms with Gasteiger partial charge in [-0.2, -0.15) is 0 Å². The normalized spacial score (nSPS) is 25.4. The Labute approximate surface area is 92.1 Å². The molecule has 1 fully saturated rings. The van der Waals surface area contributed by atoms with Crippen molar-refractivity contribution in [3.63, 3.8) is 0 Å². The third kappa shape index (κ3) is 2.30. The average molecular weight is 224 g/mol. The zero-order valence-corrected chi connectivity index (χ0v) is 9.12. The molecule has 2 N–H and O–H groups in total. The molecule has 2 heterocycles. The van der Waals surface area contributed by atoms with Crippen LogP contribution in [0.5, 0.6) is 0 Å². The van der Waals surface area contributed by atoms with Crippen LogP contribution in [0.25, 0.3) is 0 Å². The molecule has 5 heteroatoms. The van der Waals surface area contributed by atoms with E-state index in [2.05, 4.69) is 10.3 Å². The van der Waals surface area contributed by atoms with Crippen molar-refractivity contribution >= 4 is 17.7 Å². The number of aromatic nitrogens is 1. The van der Waals surface area contributed by atoms with Gasteiger partial charge in [0, 0.05) is 11.4 Å². The Morgan fingerprint density at radius 3 is 3.07 bits per heavy atom. The van der Waals surface area contributed by atoms with Crippen molar-refractivity contribution < 1.29 is 9.90 Å². The molecule has 0 unspecified atom stereocenters. The van der Waals surface area contributed by atoms with Crippen LogP contribution < -0.4 is 5.32 Å². The van der Waals surface area contributed by atoms with Crippen LogP contribution in [0.4, 0.5) is 0 Å². The first-order valence-electron chi connectivity index (χ1n) is 4.71. The lowest BCUT2D eigenvalue weighted by atomic mass is 10.3. The van der Waals surface area contributed by atoms with Crippen molar-refractivity contribution in [3.05, 3.63) is 29.6 Å². The number of rotatable bonds is 2. The number of carbonyl (C=O) groups is 1. The topological polar surface area (TPSA) is 62.2 Å². The third-order valence-corrected chi connectivity index (χ3v) is 3.50. The number of carboxylic acid groups (broad SMARTS) is 1. The first-order chi connectivity index (χ1) is 7.16. The highest BCUT2D eigenvalue weighted by Crippen LogP contribution is 2.31. The number of nitrogens with one attached hydrogen (secondary N) is 1. The molecule has 2 atom stereocenters. The van der Waals surface area contributed by atoms with Crippen molar-refractivity contribution in [2.75, 3.05) is 5.75 Å². The van der Waals surface area contributed by atoms with Gasteiger partial charge in [-0.3, -0.25) is 15.1 Å². The molecule has 0 saturated carbocycles. The van der Waals surface area contributed by atoms with Gasteiger partial charge in [0.05, 0.1) is 11.1 Å². The van der Waals surface area contributed by atoms with Crippen LogP contribution >= 0.6 is 11.8 Å². The van der Waals surface area contributed by atoms with E-state index in [4.69, 9.17) is 5.11 Å². The molecule has 0 spiro atoms. The van der Waals surface area contributed by atoms with Crippen LogP contribution in [-0.2, 0) is 4.79 Å². The van der Waals surface area contributed by atoms with Gasteiger partial charge in [0.2, 0.25) is 0 Å². The maximum absolute atomic E-state index is 10.7. The van der Waals surface area contributed by atoms with E-state index in [0.717, 1.165) is 11.4 Å². The van der Waals surface area contributed by atoms with Crippen LogP contribution in [0.3, 0.4) is 0 Å². The average Bonchev–Trinajstić information content (AvgIpc) is 2.66. The summed E-state index contributed by atoms with van der Waals surface area (Å²) in [5, 5.41) is 11.9. The van der Waals surface area contributed by atoms with Gasteiger partial charge >= 0.3 is 5.97 Å². The van der Waals surface area contributed by atoms with Gasteiger partial charge in [-0.15, -0.1) is 11.8 Å². The van der Waals surface area contributed by atoms with Crippen LogP contribution in [-0.4, -0.2) is 27.9 Å². The highest BCUT2D eigenvalue weighted by Gasteiger charge is 2.30. The molecule has 0 aliphatic carbocycles. The molecule has 1 saturated heterocycles. The highest BCUT2D eigenvalue weighted by molar-refractivity contribution is 7.99. The number of pyridine rings is 1. The maximum Gasteiger partial charge on any atom is 0.321 e. The fourth-order valence-corrected chi connectivity index (χ4v) is 2.68. The Hall–Kier alpha value is -1.07. The molecule has 2 rings (SSSR count). The predicted octanol–water partition coefficient (Wildman–Crippen LogP) is 1.18. The number of aliphatic carboxylic acids is 1. The minimum atomic E-state index is -0.794. The lowest BCUT2D eigenvalue weighted by molar-refractivity contribution is -0.138. The smallest absolute Gasteiger partial charge is 0.321 e. The van der Waals surface area contributed by atoms with Crippen molar-refractivity contribution in [1.82, 2.24) is 10.3 Å². The van der Waals surface area contributed by atoms with Gasteiger partial charge in [-0.05, 0) is 19.1 Å². The first kappa shape index (κ1) is 10.4. The van der Waals surface area contributed by atoms with Gasteiger partial charge in [-0.1, -0.05) is 6.07 Å². The molecule has 0 radical (unpaired) electrons. The third-order valence-electron chi connectivity index (χ3n) is 2.26. The van der Waals surface area contributed by atoms with E-state index in [9.17, 15) is 4.79 Å². The number of carboxylic acids is 1. The monoisotopic (exact) mass is 224 g/mol. The number of aryl methyl sites for hydroxylation is 1. The summed E-state index contributed by atoms with van der Waals surface area (Å²) < 4.78 is 0. The second kappa shape index (κ2) is 4.20. The Bertz CT molecular complexity index is 383. The van der Waals surface area contributed by atoms with Crippen molar-refractivity contribution in [2.24, 2.45) is 0 Å². The summed E-state index contributed by atoms with van der Waals surface area (Å²) in [4.78, 5) is 15.1. The summed E-state index contributed by atoms with van der Waals surface area (Å²) in [6.45, 7) is 1.93. The lowest BCUT2D eigenvalue weighted by Gasteiger charge is -2.10. The van der Waals surface area contributed by atoms with Crippen LogP contribution in [0.15, 0.2) is 18.2 Å². The SMILES string of the molecule is Cc1cccc([C@H]2N[C@@H](C(=O)O)CS2)n1. The van der Waals surface area contributed by atoms with Gasteiger partial charge in [0.15, 0.2) is 0 Å². The summed E-state index contributed by atoms with van der Waals surface area (Å²) in [5.41, 5.74) is 1.86. The molecule has 0 bridgehead atoms. The lowest BCUT2D eigenvalue weighted by Crippen LogP contribution is -2.33. The minimum Gasteiger partial charge on any atom is -0.480 e. The van der Waals surface area contributed by atoms with Crippen LogP contribution in [0.1, 0.15) is 16.8 Å². The zero-order chi connectivity index (χ0) is 10.8. The first-order valence-corrected chi connectivity index (χ1v) is 5.76. The standard InChI is InChI=1S/C10H12N2O2S/c1-6-3-2-4-7(11-6)9-12-8(5-15-9)10(13)14/h2-4,8-9,12H,5H2,1H3,(H,13,14)/t8-,9+/m1/s1. The number of thioether (sulfide) groups is 1. The molecule has 4 nitrogen and oxygen atoms in total. The molecular weight excluding hydrogens is 212 g/mol. The zero-order valence-electron chi connectivity index (χ0n) is 8.30. The van der Waals surface area contributed by atoms with E-state index in [0.29, 0.717) is 5.75 Å². The fraction of sp³-hybridized carbons (Fsp3) is 0.400.